The van der Waals surface area contributed by atoms with Crippen LogP contribution in [0.4, 0.5) is 0 Å². The van der Waals surface area contributed by atoms with E-state index in [9.17, 15) is 0 Å². The maximum atomic E-state index is 2.45. The van der Waals surface area contributed by atoms with Crippen LogP contribution in [0.25, 0.3) is 11.8 Å². The van der Waals surface area contributed by atoms with E-state index in [-0.39, 0.29) is 24.8 Å². The second-order valence-corrected chi connectivity index (χ2v) is 12.9. The van der Waals surface area contributed by atoms with Crippen LogP contribution in [0.1, 0.15) is 53.8 Å². The maximum Gasteiger partial charge on any atom is -1.00 e. The van der Waals surface area contributed by atoms with Gasteiger partial charge in [0.2, 0.25) is 0 Å². The first-order chi connectivity index (χ1) is 12.4. The number of rotatable bonds is 3. The van der Waals surface area contributed by atoms with Crippen molar-refractivity contribution in [2.75, 3.05) is 0 Å². The van der Waals surface area contributed by atoms with Crippen LogP contribution >= 0.6 is 0 Å². The minimum Gasteiger partial charge on any atom is -1.00 e. The Balaban J connectivity index is 0.00000140. The summed E-state index contributed by atoms with van der Waals surface area (Å²) in [6.45, 7) is 13.9. The number of hydrogen-bond acceptors (Lipinski definition) is 0. The molecule has 0 amide bonds. The van der Waals surface area contributed by atoms with Crippen molar-refractivity contribution in [1.82, 2.24) is 4.57 Å². The molecular formula is C24H27Cl2HfN. The van der Waals surface area contributed by atoms with Crippen LogP contribution in [0.15, 0.2) is 56.6 Å². The minimum absolute atomic E-state index is 0. The molecule has 146 valence electrons. The molecule has 0 N–H and O–H groups in total. The molecule has 0 bridgehead atoms. The second-order valence-electron chi connectivity index (χ2n) is 7.87. The molecule has 28 heavy (non-hydrogen) atoms. The summed E-state index contributed by atoms with van der Waals surface area (Å²) >= 11 is -1.08. The Hall–Kier alpha value is -0.830. The van der Waals surface area contributed by atoms with Crippen molar-refractivity contribution in [3.63, 3.8) is 0 Å². The number of halogens is 2. The van der Waals surface area contributed by atoms with E-state index in [4.69, 9.17) is 0 Å². The van der Waals surface area contributed by atoms with E-state index in [2.05, 4.69) is 88.7 Å². The summed E-state index contributed by atoms with van der Waals surface area (Å²) in [6.07, 6.45) is 4.76. The Morgan fingerprint density at radius 2 is 1.61 bits per heavy atom. The molecule has 0 aliphatic heterocycles. The van der Waals surface area contributed by atoms with Crippen molar-refractivity contribution in [3.05, 3.63) is 79.0 Å². The molecule has 0 spiro atoms. The number of allylic oxidation sites excluding steroid dienone is 5. The van der Waals surface area contributed by atoms with Gasteiger partial charge in [-0.05, 0) is 0 Å². The van der Waals surface area contributed by atoms with E-state index in [0.717, 1.165) is 0 Å². The summed E-state index contributed by atoms with van der Waals surface area (Å²) in [6, 6.07) is 11.3. The first-order valence-electron chi connectivity index (χ1n) is 9.50. The molecule has 1 heterocycles. The molecule has 0 saturated carbocycles. The van der Waals surface area contributed by atoms with Gasteiger partial charge in [0.25, 0.3) is 0 Å². The van der Waals surface area contributed by atoms with E-state index < -0.39 is 22.9 Å². The summed E-state index contributed by atoms with van der Waals surface area (Å²) in [5, 5.41) is 0. The van der Waals surface area contributed by atoms with Crippen molar-refractivity contribution in [2.24, 2.45) is 5.92 Å². The molecule has 1 aromatic heterocycles. The first kappa shape index (κ1) is 23.4. The van der Waals surface area contributed by atoms with Crippen LogP contribution < -0.4 is 24.8 Å². The van der Waals surface area contributed by atoms with Gasteiger partial charge in [-0.25, -0.2) is 0 Å². The standard InChI is InChI=1S/C15H14N.C9H13.2ClH.Hf/c1-11-7-12(2)16(10-11)15-8-13-5-3-4-6-14(13)9-15;1-6-5-7(2)9(4)8(6)3;;;/h3-10H,1-2H3;6H,1-4H3;2*1H;/q;;;;+2/p-2. The Bertz CT molecular complexity index is 994. The van der Waals surface area contributed by atoms with Crippen LogP contribution in [-0.4, -0.2) is 4.57 Å². The van der Waals surface area contributed by atoms with Crippen molar-refractivity contribution in [3.8, 4) is 0 Å². The van der Waals surface area contributed by atoms with E-state index in [0.29, 0.717) is 9.59 Å². The van der Waals surface area contributed by atoms with Crippen molar-refractivity contribution >= 4 is 11.8 Å². The van der Waals surface area contributed by atoms with Gasteiger partial charge in [0.1, 0.15) is 0 Å². The monoisotopic (exact) mass is 579 g/mol. The summed E-state index contributed by atoms with van der Waals surface area (Å²) < 4.78 is 4.90. The van der Waals surface area contributed by atoms with Gasteiger partial charge < -0.3 is 24.8 Å². The third-order valence-corrected chi connectivity index (χ3v) is 13.5. The number of nitrogens with zero attached hydrogens (tertiary/aromatic N) is 1. The van der Waals surface area contributed by atoms with Gasteiger partial charge in [0, 0.05) is 0 Å². The van der Waals surface area contributed by atoms with Gasteiger partial charge in [0.05, 0.1) is 0 Å². The number of benzene rings is 1. The number of aryl methyl sites for hydroxylation is 2. The van der Waals surface area contributed by atoms with Gasteiger partial charge in [-0.2, -0.15) is 0 Å². The largest absolute Gasteiger partial charge is 1.00 e. The van der Waals surface area contributed by atoms with E-state index in [1.807, 2.05) is 3.33 Å². The van der Waals surface area contributed by atoms with Crippen LogP contribution in [0.3, 0.4) is 0 Å². The molecule has 2 aromatic rings. The molecule has 1 nitrogen and oxygen atoms in total. The Morgan fingerprint density at radius 1 is 0.929 bits per heavy atom. The van der Waals surface area contributed by atoms with Crippen molar-refractivity contribution in [1.29, 1.82) is 0 Å². The smallest absolute Gasteiger partial charge is 1.00 e. The van der Waals surface area contributed by atoms with E-state index >= 15 is 0 Å². The topological polar surface area (TPSA) is 4.93 Å². The van der Waals surface area contributed by atoms with Crippen LogP contribution in [0.5, 0.6) is 0 Å². The molecule has 1 aromatic carbocycles. The fourth-order valence-electron chi connectivity index (χ4n) is 4.44. The van der Waals surface area contributed by atoms with Gasteiger partial charge in [-0.1, -0.05) is 0 Å². The zero-order valence-corrected chi connectivity index (χ0v) is 22.5. The molecule has 2 aliphatic rings. The molecule has 2 aliphatic carbocycles. The normalized spacial score (nSPS) is 20.4. The molecule has 4 heteroatoms. The van der Waals surface area contributed by atoms with E-state index in [1.54, 1.807) is 22.3 Å². The summed E-state index contributed by atoms with van der Waals surface area (Å²) in [5.74, 6) is 0.653. The molecule has 2 unspecified atom stereocenters. The molecule has 4 rings (SSSR count). The quantitative estimate of drug-likeness (QED) is 0.468. The third-order valence-electron chi connectivity index (χ3n) is 6.27. The molecule has 0 fully saturated rings. The first-order valence-corrected chi connectivity index (χ1v) is 13.4. The Labute approximate surface area is 193 Å². The summed E-state index contributed by atoms with van der Waals surface area (Å²) in [4.78, 5) is 0. The van der Waals surface area contributed by atoms with Gasteiger partial charge in [-0.3, -0.25) is 0 Å². The second kappa shape index (κ2) is 8.90. The Kier molecular flexibility index (Phi) is 7.45. The zero-order chi connectivity index (χ0) is 18.6. The van der Waals surface area contributed by atoms with Crippen LogP contribution in [0, 0.1) is 19.8 Å². The Morgan fingerprint density at radius 3 is 2.18 bits per heavy atom. The zero-order valence-electron chi connectivity index (χ0n) is 17.4. The molecule has 0 radical (unpaired) electrons. The third kappa shape index (κ3) is 3.80. The minimum atomic E-state index is -1.08. The van der Waals surface area contributed by atoms with Gasteiger partial charge in [0.15, 0.2) is 0 Å². The number of aromatic nitrogens is 1. The average Bonchev–Trinajstić information content (AvgIpc) is 3.20. The van der Waals surface area contributed by atoms with Crippen molar-refractivity contribution < 1.29 is 47.7 Å². The fourth-order valence-corrected chi connectivity index (χ4v) is 11.5. The predicted octanol–water partition coefficient (Wildman–Crippen LogP) is 0.508. The van der Waals surface area contributed by atoms with Gasteiger partial charge >= 0.3 is 169 Å². The predicted molar refractivity (Wildman–Crippen MR) is 107 cm³/mol. The maximum absolute atomic E-state index is 2.45. The fraction of sp³-hybridized carbons (Fsp3) is 0.333. The molecule has 0 saturated heterocycles. The summed E-state index contributed by atoms with van der Waals surface area (Å²) in [7, 11) is 0. The number of hydrogen-bond donors (Lipinski definition) is 0. The average molecular weight is 579 g/mol. The molecule has 2 atom stereocenters. The molecular weight excluding hydrogens is 552 g/mol. The van der Waals surface area contributed by atoms with E-state index in [1.165, 1.54) is 22.5 Å². The van der Waals surface area contributed by atoms with Gasteiger partial charge in [-0.15, -0.1) is 0 Å². The summed E-state index contributed by atoms with van der Waals surface area (Å²) in [5.41, 5.74) is 11.9. The van der Waals surface area contributed by atoms with Crippen LogP contribution in [0.2, 0.25) is 0 Å². The van der Waals surface area contributed by atoms with Crippen LogP contribution in [-0.2, 0) is 22.9 Å². The van der Waals surface area contributed by atoms with Crippen molar-refractivity contribution in [2.45, 2.75) is 45.2 Å². The number of fused-ring (bicyclic) bond motifs is 1. The SMILES string of the molecule is CC1=C(C)C(C)[C]([Hf+2][CH]2C(n3cc(C)cc3C)=Cc3ccccc32)=C1C.[Cl-].[Cl-].